The molecule has 1 unspecified atom stereocenters. The quantitative estimate of drug-likeness (QED) is 0.285. The van der Waals surface area contributed by atoms with Gasteiger partial charge in [-0.3, -0.25) is 5.32 Å². The predicted molar refractivity (Wildman–Crippen MR) is 141 cm³/mol. The van der Waals surface area contributed by atoms with Crippen LogP contribution in [0.3, 0.4) is 0 Å². The zero-order valence-electron chi connectivity index (χ0n) is 22.4. The van der Waals surface area contributed by atoms with Gasteiger partial charge in [0.25, 0.3) is 0 Å². The minimum atomic E-state index is -5.15. The molecule has 0 aliphatic carbocycles. The Labute approximate surface area is 229 Å². The van der Waals surface area contributed by atoms with Gasteiger partial charge in [-0.25, -0.2) is 28.2 Å². The number of carbonyl (C=O) groups is 1. The first-order valence-corrected chi connectivity index (χ1v) is 14.4. The van der Waals surface area contributed by atoms with Crippen molar-refractivity contribution in [3.63, 3.8) is 0 Å². The van der Waals surface area contributed by atoms with Gasteiger partial charge >= 0.3 is 12.1 Å². The highest BCUT2D eigenvalue weighted by molar-refractivity contribution is 7.91. The molecule has 0 spiro atoms. The maximum absolute atomic E-state index is 12.7. The molecule has 1 aliphatic rings. The van der Waals surface area contributed by atoms with Gasteiger partial charge < -0.3 is 19.4 Å². The van der Waals surface area contributed by atoms with Crippen molar-refractivity contribution in [1.82, 2.24) is 25.3 Å². The van der Waals surface area contributed by atoms with Crippen molar-refractivity contribution < 1.29 is 35.9 Å². The summed E-state index contributed by atoms with van der Waals surface area (Å²) in [4.78, 5) is 30.1. The number of carbonyl (C=O) groups excluding carboxylic acids is 1. The minimum absolute atomic E-state index is 0.0478. The van der Waals surface area contributed by atoms with Crippen LogP contribution in [-0.2, 0) is 29.9 Å². The lowest BCUT2D eigenvalue weighted by Gasteiger charge is -2.36. The number of alkyl halides is 3. The summed E-state index contributed by atoms with van der Waals surface area (Å²) in [7, 11) is -2.12. The number of sulfone groups is 1. The number of aromatic nitrogens is 4. The molecule has 0 aromatic carbocycles. The largest absolute Gasteiger partial charge is 0.490 e. The van der Waals surface area contributed by atoms with E-state index >= 15 is 0 Å². The number of nitrogens with zero attached hydrogens (tertiary/aromatic N) is 4. The SMILES string of the molecule is CCC1COCCN1c1cc(CS(=O)(=O)C(C)C)nc(-c2ccc3[nH]c([C@@H](NC)OC(=O)C(F)(F)F)cc3n2)n1. The number of pyridine rings is 1. The summed E-state index contributed by atoms with van der Waals surface area (Å²) in [6.45, 7) is 6.82. The maximum Gasteiger partial charge on any atom is 0.490 e. The average Bonchev–Trinajstić information content (AvgIpc) is 3.33. The van der Waals surface area contributed by atoms with Crippen LogP contribution in [0.25, 0.3) is 22.6 Å². The number of esters is 1. The third kappa shape index (κ3) is 6.53. The first-order chi connectivity index (χ1) is 18.8. The first-order valence-electron chi connectivity index (χ1n) is 12.7. The Morgan fingerprint density at radius 1 is 1.25 bits per heavy atom. The second-order valence-corrected chi connectivity index (χ2v) is 12.2. The predicted octanol–water partition coefficient (Wildman–Crippen LogP) is 3.28. The van der Waals surface area contributed by atoms with Crippen LogP contribution in [0.1, 0.15) is 44.8 Å². The maximum atomic E-state index is 12.7. The van der Waals surface area contributed by atoms with E-state index in [1.165, 1.54) is 13.1 Å². The molecule has 3 aromatic rings. The van der Waals surface area contributed by atoms with Crippen molar-refractivity contribution in [2.45, 2.75) is 56.6 Å². The number of fused-ring (bicyclic) bond motifs is 1. The van der Waals surface area contributed by atoms with E-state index in [-0.39, 0.29) is 23.3 Å². The van der Waals surface area contributed by atoms with Crippen LogP contribution < -0.4 is 10.2 Å². The molecular formula is C25H31F3N6O5S. The Balaban J connectivity index is 1.74. The van der Waals surface area contributed by atoms with Gasteiger partial charge in [-0.1, -0.05) is 6.92 Å². The van der Waals surface area contributed by atoms with E-state index in [9.17, 15) is 26.4 Å². The number of ether oxygens (including phenoxy) is 2. The second-order valence-electron chi connectivity index (χ2n) is 9.65. The van der Waals surface area contributed by atoms with Gasteiger partial charge in [0.15, 0.2) is 21.9 Å². The Bertz CT molecular complexity index is 1480. The number of H-pyrrole nitrogens is 1. The van der Waals surface area contributed by atoms with E-state index in [1.807, 2.05) is 6.92 Å². The first kappa shape index (κ1) is 29.7. The molecule has 11 nitrogen and oxygen atoms in total. The van der Waals surface area contributed by atoms with Crippen LogP contribution >= 0.6 is 0 Å². The van der Waals surface area contributed by atoms with E-state index < -0.39 is 33.5 Å². The fourth-order valence-electron chi connectivity index (χ4n) is 4.23. The molecule has 15 heteroatoms. The summed E-state index contributed by atoms with van der Waals surface area (Å²) in [5, 5.41) is 1.92. The minimum Gasteiger partial charge on any atom is -0.434 e. The average molecular weight is 585 g/mol. The number of nitrogens with one attached hydrogen (secondary N) is 2. The molecule has 1 fully saturated rings. The van der Waals surface area contributed by atoms with Crippen molar-refractivity contribution in [2.75, 3.05) is 31.7 Å². The third-order valence-corrected chi connectivity index (χ3v) is 8.69. The van der Waals surface area contributed by atoms with E-state index in [0.29, 0.717) is 48.0 Å². The fraction of sp³-hybridized carbons (Fsp3) is 0.520. The zero-order valence-corrected chi connectivity index (χ0v) is 23.3. The summed E-state index contributed by atoms with van der Waals surface area (Å²) in [6.07, 6.45) is -5.75. The third-order valence-electron chi connectivity index (χ3n) is 6.55. The van der Waals surface area contributed by atoms with Crippen LogP contribution in [0.5, 0.6) is 0 Å². The Kier molecular flexibility index (Phi) is 8.66. The molecule has 218 valence electrons. The van der Waals surface area contributed by atoms with E-state index in [2.05, 4.69) is 29.9 Å². The normalized spacial score (nSPS) is 17.4. The number of hydrogen-bond donors (Lipinski definition) is 2. The molecule has 40 heavy (non-hydrogen) atoms. The number of aromatic amines is 1. The molecule has 2 N–H and O–H groups in total. The zero-order chi connectivity index (χ0) is 29.2. The summed E-state index contributed by atoms with van der Waals surface area (Å²) in [6, 6.07) is 6.44. The van der Waals surface area contributed by atoms with Crippen molar-refractivity contribution in [2.24, 2.45) is 0 Å². The summed E-state index contributed by atoms with van der Waals surface area (Å²) >= 11 is 0. The van der Waals surface area contributed by atoms with Crippen molar-refractivity contribution in [3.05, 3.63) is 35.7 Å². The van der Waals surface area contributed by atoms with E-state index in [4.69, 9.17) is 9.72 Å². The van der Waals surface area contributed by atoms with Crippen LogP contribution in [0.2, 0.25) is 0 Å². The summed E-state index contributed by atoms with van der Waals surface area (Å²) in [5.41, 5.74) is 1.63. The van der Waals surface area contributed by atoms with Crippen LogP contribution in [0, 0.1) is 0 Å². The van der Waals surface area contributed by atoms with Gasteiger partial charge in [0.1, 0.15) is 11.5 Å². The Morgan fingerprint density at radius 3 is 2.65 bits per heavy atom. The lowest BCUT2D eigenvalue weighted by molar-refractivity contribution is -0.206. The number of anilines is 1. The molecule has 2 atom stereocenters. The van der Waals surface area contributed by atoms with Crippen LogP contribution in [0.15, 0.2) is 24.3 Å². The molecule has 1 saturated heterocycles. The lowest BCUT2D eigenvalue weighted by Crippen LogP contribution is -2.45. The molecule has 0 amide bonds. The highest BCUT2D eigenvalue weighted by Gasteiger charge is 2.42. The highest BCUT2D eigenvalue weighted by Crippen LogP contribution is 2.28. The van der Waals surface area contributed by atoms with Gasteiger partial charge in [0, 0.05) is 12.6 Å². The summed E-state index contributed by atoms with van der Waals surface area (Å²) < 4.78 is 73.8. The smallest absolute Gasteiger partial charge is 0.434 e. The molecule has 1 aliphatic heterocycles. The molecule has 3 aromatic heterocycles. The molecule has 0 bridgehead atoms. The highest BCUT2D eigenvalue weighted by atomic mass is 32.2. The number of halogens is 3. The summed E-state index contributed by atoms with van der Waals surface area (Å²) in [5.74, 6) is -1.85. The van der Waals surface area contributed by atoms with E-state index in [1.54, 1.807) is 32.0 Å². The standard InChI is InChI=1S/C25H31F3N6O5S/c1-5-16-12-38-9-8-34(16)21-10-15(13-40(36,37)14(2)3)30-22(33-21)18-7-6-17-19(32-18)11-20(31-17)23(29-4)39-24(35)25(26,27)28/h6-7,10-11,14,16,23,29,31H,5,8-9,12-13H2,1-4H3/t16?,23-/m0/s1. The van der Waals surface area contributed by atoms with Gasteiger partial charge in [0.2, 0.25) is 0 Å². The molecular weight excluding hydrogens is 553 g/mol. The number of rotatable bonds is 9. The molecule has 0 saturated carbocycles. The van der Waals surface area contributed by atoms with E-state index in [0.717, 1.165) is 6.42 Å². The van der Waals surface area contributed by atoms with Crippen molar-refractivity contribution in [1.29, 1.82) is 0 Å². The van der Waals surface area contributed by atoms with Gasteiger partial charge in [-0.2, -0.15) is 13.2 Å². The van der Waals surface area contributed by atoms with Crippen LogP contribution in [0.4, 0.5) is 19.0 Å². The Morgan fingerprint density at radius 2 is 2.00 bits per heavy atom. The van der Waals surface area contributed by atoms with Crippen LogP contribution in [-0.4, -0.2) is 78.6 Å². The number of hydrogen-bond acceptors (Lipinski definition) is 10. The topological polar surface area (TPSA) is 139 Å². The Hall–Kier alpha value is -3.30. The van der Waals surface area contributed by atoms with Crippen molar-refractivity contribution >= 4 is 32.7 Å². The van der Waals surface area contributed by atoms with Gasteiger partial charge in [-0.15, -0.1) is 0 Å². The molecule has 4 rings (SSSR count). The molecule has 0 radical (unpaired) electrons. The second kappa shape index (κ2) is 11.7. The number of morpholine rings is 1. The van der Waals surface area contributed by atoms with Gasteiger partial charge in [0.05, 0.1) is 52.7 Å². The fourth-order valence-corrected chi connectivity index (χ4v) is 5.13. The van der Waals surface area contributed by atoms with Gasteiger partial charge in [-0.05, 0) is 45.5 Å². The molecule has 4 heterocycles. The van der Waals surface area contributed by atoms with Crippen molar-refractivity contribution in [3.8, 4) is 11.5 Å². The monoisotopic (exact) mass is 584 g/mol. The lowest BCUT2D eigenvalue weighted by atomic mass is 10.1.